The van der Waals surface area contributed by atoms with Crippen LogP contribution in [0.1, 0.15) is 29.2 Å². The van der Waals surface area contributed by atoms with Crippen LogP contribution >= 0.6 is 0 Å². The second-order valence-corrected chi connectivity index (χ2v) is 10.1. The summed E-state index contributed by atoms with van der Waals surface area (Å²) >= 11 is 0. The average Bonchev–Trinajstić information content (AvgIpc) is 3.66. The molecule has 1 aliphatic carbocycles. The third-order valence-corrected chi connectivity index (χ3v) is 7.81. The van der Waals surface area contributed by atoms with Crippen molar-refractivity contribution >= 4 is 11.0 Å². The van der Waals surface area contributed by atoms with E-state index in [1.165, 1.54) is 17.5 Å². The van der Waals surface area contributed by atoms with Crippen LogP contribution < -0.4 is 14.8 Å². The monoisotopic (exact) mass is 506 g/mol. The molecule has 1 N–H and O–H groups in total. The van der Waals surface area contributed by atoms with Gasteiger partial charge in [0.1, 0.15) is 28.4 Å². The van der Waals surface area contributed by atoms with E-state index < -0.39 is 0 Å². The molecular weight excluding hydrogens is 476 g/mol. The van der Waals surface area contributed by atoms with Crippen molar-refractivity contribution in [1.29, 1.82) is 0 Å². The average molecular weight is 507 g/mol. The van der Waals surface area contributed by atoms with E-state index in [1.807, 2.05) is 27.7 Å². The van der Waals surface area contributed by atoms with Gasteiger partial charge in [-0.15, -0.1) is 0 Å². The summed E-state index contributed by atoms with van der Waals surface area (Å²) < 4.78 is 15.3. The van der Waals surface area contributed by atoms with Crippen LogP contribution in [0.25, 0.3) is 33.5 Å². The lowest BCUT2D eigenvalue weighted by molar-refractivity contribution is 0.318. The lowest BCUT2D eigenvalue weighted by atomic mass is 9.99. The summed E-state index contributed by atoms with van der Waals surface area (Å²) in [6.07, 6.45) is 7.37. The third kappa shape index (κ3) is 3.83. The van der Waals surface area contributed by atoms with E-state index in [2.05, 4.69) is 53.0 Å². The molecular formula is C30H30N6O2. The number of fused-ring (bicyclic) bond motifs is 2. The van der Waals surface area contributed by atoms with Gasteiger partial charge in [-0.05, 0) is 48.1 Å². The number of ether oxygens (including phenoxy) is 2. The predicted molar refractivity (Wildman–Crippen MR) is 147 cm³/mol. The number of pyridine rings is 1. The second kappa shape index (κ2) is 9.29. The molecule has 0 amide bonds. The van der Waals surface area contributed by atoms with Crippen LogP contribution in [0.2, 0.25) is 0 Å². The van der Waals surface area contributed by atoms with E-state index in [0.717, 1.165) is 76.5 Å². The Morgan fingerprint density at radius 1 is 1.00 bits per heavy atom. The van der Waals surface area contributed by atoms with Gasteiger partial charge >= 0.3 is 0 Å². The topological polar surface area (TPSA) is 79.0 Å². The van der Waals surface area contributed by atoms with Crippen molar-refractivity contribution in [3.05, 3.63) is 77.6 Å². The third-order valence-electron chi connectivity index (χ3n) is 7.81. The van der Waals surface area contributed by atoms with E-state index >= 15 is 0 Å². The normalized spacial score (nSPS) is 15.0. The van der Waals surface area contributed by atoms with Gasteiger partial charge in [0, 0.05) is 36.5 Å². The fourth-order valence-corrected chi connectivity index (χ4v) is 5.61. The number of methoxy groups -OCH3 is 2. The first-order valence-corrected chi connectivity index (χ1v) is 13.2. The largest absolute Gasteiger partial charge is 0.497 e. The summed E-state index contributed by atoms with van der Waals surface area (Å²) in [7, 11) is 3.40. The minimum Gasteiger partial charge on any atom is -0.497 e. The first-order valence-electron chi connectivity index (χ1n) is 13.2. The molecule has 5 aromatic rings. The standard InChI is InChI=1S/C30H30N6O2/c1-37-23-11-9-19(10-12-23)17-36-26-13-27(38-2)29(25-8-4-6-20-5-3-7-24(20)25)33-30(26)28(34-36)21-14-32-35(18-21)22-15-31-16-22/h4,6,8-14,18,22,31H,3,5,7,15-17H2,1-2H3. The van der Waals surface area contributed by atoms with E-state index in [-0.39, 0.29) is 0 Å². The van der Waals surface area contributed by atoms with E-state index in [1.54, 1.807) is 14.2 Å². The molecule has 2 aromatic carbocycles. The molecule has 0 bridgehead atoms. The van der Waals surface area contributed by atoms with Crippen molar-refractivity contribution in [3.63, 3.8) is 0 Å². The van der Waals surface area contributed by atoms with Crippen LogP contribution in [0.3, 0.4) is 0 Å². The van der Waals surface area contributed by atoms with Gasteiger partial charge < -0.3 is 14.8 Å². The number of aromatic nitrogens is 5. The maximum Gasteiger partial charge on any atom is 0.147 e. The zero-order valence-corrected chi connectivity index (χ0v) is 21.6. The zero-order valence-electron chi connectivity index (χ0n) is 21.6. The molecule has 0 spiro atoms. The number of benzene rings is 2. The Labute approximate surface area is 221 Å². The minimum absolute atomic E-state index is 0.381. The highest BCUT2D eigenvalue weighted by atomic mass is 16.5. The summed E-state index contributed by atoms with van der Waals surface area (Å²) in [4.78, 5) is 5.27. The molecule has 8 nitrogen and oxygen atoms in total. The van der Waals surface area contributed by atoms with Crippen molar-refractivity contribution in [2.75, 3.05) is 27.3 Å². The van der Waals surface area contributed by atoms with Gasteiger partial charge in [0.15, 0.2) is 0 Å². The predicted octanol–water partition coefficient (Wildman–Crippen LogP) is 4.66. The Bertz CT molecular complexity index is 1630. The smallest absolute Gasteiger partial charge is 0.147 e. The maximum atomic E-state index is 5.93. The molecule has 1 fully saturated rings. The van der Waals surface area contributed by atoms with Crippen molar-refractivity contribution in [3.8, 4) is 34.0 Å². The molecule has 192 valence electrons. The van der Waals surface area contributed by atoms with Gasteiger partial charge in [0.05, 0.1) is 38.5 Å². The quantitative estimate of drug-likeness (QED) is 0.346. The molecule has 0 atom stereocenters. The van der Waals surface area contributed by atoms with Gasteiger partial charge in [-0.1, -0.05) is 30.3 Å². The molecule has 4 heterocycles. The first kappa shape index (κ1) is 23.0. The Morgan fingerprint density at radius 3 is 2.63 bits per heavy atom. The van der Waals surface area contributed by atoms with Crippen LogP contribution in [0.5, 0.6) is 11.5 Å². The Hall–Kier alpha value is -4.17. The highest BCUT2D eigenvalue weighted by Crippen LogP contribution is 2.39. The van der Waals surface area contributed by atoms with Gasteiger partial charge in [0.2, 0.25) is 0 Å². The fraction of sp³-hybridized carbons (Fsp3) is 0.300. The molecule has 1 aliphatic heterocycles. The molecule has 0 unspecified atom stereocenters. The van der Waals surface area contributed by atoms with Gasteiger partial charge in [-0.2, -0.15) is 10.2 Å². The van der Waals surface area contributed by atoms with Crippen molar-refractivity contribution in [1.82, 2.24) is 29.9 Å². The van der Waals surface area contributed by atoms with Crippen LogP contribution in [0.15, 0.2) is 60.9 Å². The first-order chi connectivity index (χ1) is 18.7. The molecule has 8 heteroatoms. The van der Waals surface area contributed by atoms with Gasteiger partial charge in [-0.3, -0.25) is 9.36 Å². The summed E-state index contributed by atoms with van der Waals surface area (Å²) in [6, 6.07) is 17.1. The molecule has 0 radical (unpaired) electrons. The van der Waals surface area contributed by atoms with Gasteiger partial charge in [0.25, 0.3) is 0 Å². The summed E-state index contributed by atoms with van der Waals surface area (Å²) in [5.74, 6) is 1.59. The van der Waals surface area contributed by atoms with Gasteiger partial charge in [-0.25, -0.2) is 4.98 Å². The lowest BCUT2D eigenvalue weighted by Gasteiger charge is -2.27. The van der Waals surface area contributed by atoms with Crippen molar-refractivity contribution in [2.45, 2.75) is 31.8 Å². The Kier molecular flexibility index (Phi) is 5.62. The molecule has 0 saturated carbocycles. The Balaban J connectivity index is 1.40. The molecule has 38 heavy (non-hydrogen) atoms. The zero-order chi connectivity index (χ0) is 25.6. The summed E-state index contributed by atoms with van der Waals surface area (Å²) in [6.45, 7) is 2.48. The number of hydrogen-bond donors (Lipinski definition) is 1. The van der Waals surface area contributed by atoms with Crippen molar-refractivity contribution in [2.24, 2.45) is 0 Å². The summed E-state index contributed by atoms with van der Waals surface area (Å²) in [5.41, 5.74) is 9.55. The number of rotatable bonds is 7. The van der Waals surface area contributed by atoms with E-state index in [9.17, 15) is 0 Å². The maximum absolute atomic E-state index is 5.93. The van der Waals surface area contributed by atoms with Crippen molar-refractivity contribution < 1.29 is 9.47 Å². The van der Waals surface area contributed by atoms with E-state index in [4.69, 9.17) is 19.6 Å². The SMILES string of the molecule is COc1ccc(Cn2nc(-c3cnn(C4CNC4)c3)c3nc(-c4cccc5c4CCC5)c(OC)cc32)cc1. The number of hydrogen-bond acceptors (Lipinski definition) is 6. The molecule has 2 aliphatic rings. The number of nitrogens with one attached hydrogen (secondary N) is 1. The number of aryl methyl sites for hydroxylation is 1. The van der Waals surface area contributed by atoms with E-state index in [0.29, 0.717) is 12.6 Å². The van der Waals surface area contributed by atoms with Crippen LogP contribution in [-0.2, 0) is 19.4 Å². The molecule has 3 aromatic heterocycles. The minimum atomic E-state index is 0.381. The fourth-order valence-electron chi connectivity index (χ4n) is 5.61. The number of nitrogens with zero attached hydrogens (tertiary/aromatic N) is 5. The highest BCUT2D eigenvalue weighted by Gasteiger charge is 2.25. The lowest BCUT2D eigenvalue weighted by Crippen LogP contribution is -2.43. The van der Waals surface area contributed by atoms with Crippen LogP contribution in [0.4, 0.5) is 0 Å². The van der Waals surface area contributed by atoms with Crippen LogP contribution in [0, 0.1) is 0 Å². The molecule has 7 rings (SSSR count). The highest BCUT2D eigenvalue weighted by molar-refractivity contribution is 5.93. The molecule has 1 saturated heterocycles. The summed E-state index contributed by atoms with van der Waals surface area (Å²) in [5, 5.41) is 13.1. The second-order valence-electron chi connectivity index (χ2n) is 10.1. The van der Waals surface area contributed by atoms with Crippen LogP contribution in [-0.4, -0.2) is 51.9 Å². The Morgan fingerprint density at radius 2 is 1.87 bits per heavy atom.